The van der Waals surface area contributed by atoms with Crippen molar-refractivity contribution in [3.63, 3.8) is 0 Å². The zero-order valence-corrected chi connectivity index (χ0v) is 12.8. The Bertz CT molecular complexity index is 639. The first kappa shape index (κ1) is 15.3. The maximum atomic E-state index is 11.4. The van der Waals surface area contributed by atoms with E-state index < -0.39 is 0 Å². The van der Waals surface area contributed by atoms with E-state index in [1.165, 1.54) is 0 Å². The van der Waals surface area contributed by atoms with E-state index in [-0.39, 0.29) is 18.5 Å². The number of hydrogen-bond donors (Lipinski definition) is 2. The molecule has 0 unspecified atom stereocenters. The molecule has 5 nitrogen and oxygen atoms in total. The largest absolute Gasteiger partial charge is 0.368 e. The van der Waals surface area contributed by atoms with Crippen LogP contribution in [0.5, 0.6) is 0 Å². The number of hydrogen-bond acceptors (Lipinski definition) is 4. The smallest absolute Gasteiger partial charge is 0.237 e. The summed E-state index contributed by atoms with van der Waals surface area (Å²) in [5.74, 6) is 0.464. The highest BCUT2D eigenvalue weighted by Gasteiger charge is 2.18. The van der Waals surface area contributed by atoms with Crippen LogP contribution < -0.4 is 16.0 Å². The number of carbonyl (C=O) groups is 1. The van der Waals surface area contributed by atoms with Gasteiger partial charge in [-0.2, -0.15) is 0 Å². The first-order valence-electron chi connectivity index (χ1n) is 7.11. The standard InChI is InChI=1S/C16H22N4O/c1-11(2)20(10-15(17)21)16-13(9-18-3)8-12-6-4-5-7-14(12)19-16/h4-8,11,18H,9-10H2,1-3H3,(H2,17,21). The normalized spacial score (nSPS) is 11.0. The molecule has 0 atom stereocenters. The van der Waals surface area contributed by atoms with Gasteiger partial charge in [0.15, 0.2) is 0 Å². The van der Waals surface area contributed by atoms with Gasteiger partial charge in [-0.25, -0.2) is 4.98 Å². The van der Waals surface area contributed by atoms with Crippen LogP contribution in [-0.4, -0.2) is 30.5 Å². The molecule has 1 aromatic heterocycles. The summed E-state index contributed by atoms with van der Waals surface area (Å²) in [6.07, 6.45) is 0. The maximum Gasteiger partial charge on any atom is 0.237 e. The molecule has 0 spiro atoms. The van der Waals surface area contributed by atoms with Crippen molar-refractivity contribution in [2.75, 3.05) is 18.5 Å². The molecule has 2 aromatic rings. The average Bonchev–Trinajstić information content (AvgIpc) is 2.44. The van der Waals surface area contributed by atoms with Gasteiger partial charge in [0.05, 0.1) is 12.1 Å². The van der Waals surface area contributed by atoms with E-state index in [0.29, 0.717) is 6.54 Å². The minimum atomic E-state index is -0.353. The molecule has 1 amide bonds. The lowest BCUT2D eigenvalue weighted by Crippen LogP contribution is -2.40. The number of anilines is 1. The van der Waals surface area contributed by atoms with Gasteiger partial charge in [0, 0.05) is 23.5 Å². The number of para-hydroxylation sites is 1. The summed E-state index contributed by atoms with van der Waals surface area (Å²) in [6, 6.07) is 10.2. The molecule has 0 aliphatic carbocycles. The Kier molecular flexibility index (Phi) is 4.75. The molecule has 1 aromatic carbocycles. The third kappa shape index (κ3) is 3.49. The molecule has 5 heteroatoms. The lowest BCUT2D eigenvalue weighted by atomic mass is 10.1. The zero-order chi connectivity index (χ0) is 15.4. The molecule has 0 saturated carbocycles. The van der Waals surface area contributed by atoms with Crippen molar-refractivity contribution >= 4 is 22.6 Å². The topological polar surface area (TPSA) is 71.2 Å². The Morgan fingerprint density at radius 3 is 2.71 bits per heavy atom. The number of nitrogens with one attached hydrogen (secondary N) is 1. The third-order valence-corrected chi connectivity index (χ3v) is 3.37. The second kappa shape index (κ2) is 6.54. The van der Waals surface area contributed by atoms with Gasteiger partial charge in [-0.05, 0) is 33.0 Å². The van der Waals surface area contributed by atoms with E-state index in [2.05, 4.69) is 11.4 Å². The maximum absolute atomic E-state index is 11.4. The van der Waals surface area contributed by atoms with Crippen LogP contribution in [0.1, 0.15) is 19.4 Å². The van der Waals surface area contributed by atoms with Gasteiger partial charge in [-0.1, -0.05) is 18.2 Å². The molecule has 0 radical (unpaired) electrons. The molecular weight excluding hydrogens is 264 g/mol. The van der Waals surface area contributed by atoms with E-state index in [0.717, 1.165) is 22.3 Å². The average molecular weight is 286 g/mol. The molecule has 0 saturated heterocycles. The van der Waals surface area contributed by atoms with Crippen LogP contribution >= 0.6 is 0 Å². The van der Waals surface area contributed by atoms with Gasteiger partial charge >= 0.3 is 0 Å². The van der Waals surface area contributed by atoms with Crippen molar-refractivity contribution in [3.05, 3.63) is 35.9 Å². The number of rotatable bonds is 6. The summed E-state index contributed by atoms with van der Waals surface area (Å²) in [6.45, 7) is 4.92. The summed E-state index contributed by atoms with van der Waals surface area (Å²) < 4.78 is 0. The van der Waals surface area contributed by atoms with Gasteiger partial charge in [-0.3, -0.25) is 4.79 Å². The SMILES string of the molecule is CNCc1cc2ccccc2nc1N(CC(N)=O)C(C)C. The van der Waals surface area contributed by atoms with Gasteiger partial charge in [0.25, 0.3) is 0 Å². The molecule has 0 aliphatic heterocycles. The molecule has 0 bridgehead atoms. The number of carbonyl (C=O) groups excluding carboxylic acids is 1. The molecule has 0 fully saturated rings. The molecule has 21 heavy (non-hydrogen) atoms. The predicted octanol–water partition coefficient (Wildman–Crippen LogP) is 1.65. The lowest BCUT2D eigenvalue weighted by Gasteiger charge is -2.29. The number of fused-ring (bicyclic) bond motifs is 1. The van der Waals surface area contributed by atoms with Crippen LogP contribution in [0.4, 0.5) is 5.82 Å². The summed E-state index contributed by atoms with van der Waals surface area (Å²) >= 11 is 0. The highest BCUT2D eigenvalue weighted by atomic mass is 16.1. The zero-order valence-electron chi connectivity index (χ0n) is 12.8. The minimum Gasteiger partial charge on any atom is -0.368 e. The van der Waals surface area contributed by atoms with Crippen LogP contribution in [0.3, 0.4) is 0 Å². The van der Waals surface area contributed by atoms with Gasteiger partial charge < -0.3 is 16.0 Å². The molecule has 112 valence electrons. The van der Waals surface area contributed by atoms with Crippen LogP contribution in [0, 0.1) is 0 Å². The quantitative estimate of drug-likeness (QED) is 0.847. The van der Waals surface area contributed by atoms with Crippen molar-refractivity contribution in [2.45, 2.75) is 26.4 Å². The van der Waals surface area contributed by atoms with Crippen molar-refractivity contribution < 1.29 is 4.79 Å². The predicted molar refractivity (Wildman–Crippen MR) is 86.2 cm³/mol. The number of aromatic nitrogens is 1. The Labute approximate surface area is 125 Å². The fourth-order valence-electron chi connectivity index (χ4n) is 2.39. The molecule has 1 heterocycles. The summed E-state index contributed by atoms with van der Waals surface area (Å²) in [5.41, 5.74) is 7.36. The van der Waals surface area contributed by atoms with Crippen molar-refractivity contribution in [1.29, 1.82) is 0 Å². The Morgan fingerprint density at radius 2 is 2.10 bits per heavy atom. The molecule has 2 rings (SSSR count). The second-order valence-corrected chi connectivity index (χ2v) is 5.38. The van der Waals surface area contributed by atoms with E-state index in [1.54, 1.807) is 0 Å². The Hall–Kier alpha value is -2.14. The number of primary amides is 1. The highest BCUT2D eigenvalue weighted by molar-refractivity contribution is 5.84. The van der Waals surface area contributed by atoms with Crippen LogP contribution in [0.2, 0.25) is 0 Å². The third-order valence-electron chi connectivity index (χ3n) is 3.37. The Balaban J connectivity index is 2.56. The molecule has 0 aliphatic rings. The molecule has 3 N–H and O–H groups in total. The number of amides is 1. The summed E-state index contributed by atoms with van der Waals surface area (Å²) in [4.78, 5) is 18.0. The lowest BCUT2D eigenvalue weighted by molar-refractivity contribution is -0.116. The van der Waals surface area contributed by atoms with E-state index in [4.69, 9.17) is 10.7 Å². The monoisotopic (exact) mass is 286 g/mol. The van der Waals surface area contributed by atoms with Crippen molar-refractivity contribution in [2.24, 2.45) is 5.73 Å². The van der Waals surface area contributed by atoms with Gasteiger partial charge in [0.2, 0.25) is 5.91 Å². The summed E-state index contributed by atoms with van der Waals surface area (Å²) in [5, 5.41) is 4.25. The van der Waals surface area contributed by atoms with E-state index in [9.17, 15) is 4.79 Å². The van der Waals surface area contributed by atoms with E-state index >= 15 is 0 Å². The second-order valence-electron chi connectivity index (χ2n) is 5.38. The minimum absolute atomic E-state index is 0.141. The fourth-order valence-corrected chi connectivity index (χ4v) is 2.39. The van der Waals surface area contributed by atoms with Gasteiger partial charge in [-0.15, -0.1) is 0 Å². The fraction of sp³-hybridized carbons (Fsp3) is 0.375. The summed E-state index contributed by atoms with van der Waals surface area (Å²) in [7, 11) is 1.90. The van der Waals surface area contributed by atoms with Crippen LogP contribution in [0.25, 0.3) is 10.9 Å². The highest BCUT2D eigenvalue weighted by Crippen LogP contribution is 2.25. The first-order chi connectivity index (χ1) is 10.0. The van der Waals surface area contributed by atoms with Crippen LogP contribution in [0.15, 0.2) is 30.3 Å². The van der Waals surface area contributed by atoms with Crippen molar-refractivity contribution in [3.8, 4) is 0 Å². The van der Waals surface area contributed by atoms with Crippen molar-refractivity contribution in [1.82, 2.24) is 10.3 Å². The number of benzene rings is 1. The van der Waals surface area contributed by atoms with Gasteiger partial charge in [0.1, 0.15) is 5.82 Å². The number of nitrogens with zero attached hydrogens (tertiary/aromatic N) is 2. The Morgan fingerprint density at radius 1 is 1.38 bits per heavy atom. The number of pyridine rings is 1. The first-order valence-corrected chi connectivity index (χ1v) is 7.11. The van der Waals surface area contributed by atoms with Crippen LogP contribution in [-0.2, 0) is 11.3 Å². The number of nitrogens with two attached hydrogens (primary N) is 1. The molecular formula is C16H22N4O. The van der Waals surface area contributed by atoms with E-state index in [1.807, 2.05) is 50.1 Å².